The molecule has 1 aliphatic heterocycles. The highest BCUT2D eigenvalue weighted by molar-refractivity contribution is 5.91. The summed E-state index contributed by atoms with van der Waals surface area (Å²) in [5.41, 5.74) is 1.03. The predicted octanol–water partition coefficient (Wildman–Crippen LogP) is 2.64. The van der Waals surface area contributed by atoms with E-state index in [-0.39, 0.29) is 11.8 Å². The molecule has 1 unspecified atom stereocenters. The Bertz CT molecular complexity index is 791. The lowest BCUT2D eigenvalue weighted by atomic mass is 9.69. The van der Waals surface area contributed by atoms with Crippen LogP contribution in [0.25, 0.3) is 0 Å². The molecule has 1 atom stereocenters. The minimum Gasteiger partial charge on any atom is -0.493 e. The molecule has 3 rings (SSSR count). The fourth-order valence-electron chi connectivity index (χ4n) is 4.39. The van der Waals surface area contributed by atoms with Crippen molar-refractivity contribution < 1.29 is 23.8 Å². The van der Waals surface area contributed by atoms with Crippen molar-refractivity contribution in [2.24, 2.45) is 5.41 Å². The van der Waals surface area contributed by atoms with Crippen LogP contribution >= 0.6 is 0 Å². The third-order valence-corrected chi connectivity index (χ3v) is 5.87. The number of rotatable bonds is 8. The number of nitrogens with one attached hydrogen (secondary N) is 1. The van der Waals surface area contributed by atoms with E-state index in [1.54, 1.807) is 26.2 Å². The second-order valence-corrected chi connectivity index (χ2v) is 7.44. The van der Waals surface area contributed by atoms with Crippen LogP contribution in [0.4, 0.5) is 0 Å². The molecule has 2 aliphatic rings. The van der Waals surface area contributed by atoms with E-state index >= 15 is 0 Å². The van der Waals surface area contributed by atoms with Gasteiger partial charge in [-0.2, -0.15) is 0 Å². The van der Waals surface area contributed by atoms with Crippen molar-refractivity contribution in [3.05, 3.63) is 35.5 Å². The lowest BCUT2D eigenvalue weighted by molar-refractivity contribution is -0.141. The van der Waals surface area contributed by atoms with Gasteiger partial charge in [0.15, 0.2) is 11.5 Å². The molecule has 0 bridgehead atoms. The number of methoxy groups -OCH3 is 3. The first-order chi connectivity index (χ1) is 14.1. The largest absolute Gasteiger partial charge is 0.493 e. The number of fused-ring (bicyclic) bond motifs is 1. The lowest BCUT2D eigenvalue weighted by Crippen LogP contribution is -2.53. The van der Waals surface area contributed by atoms with E-state index in [2.05, 4.69) is 11.4 Å². The smallest absolute Gasteiger partial charge is 0.232 e. The summed E-state index contributed by atoms with van der Waals surface area (Å²) in [7, 11) is 4.79. The molecule has 2 amide bonds. The number of ether oxygens (including phenoxy) is 3. The highest BCUT2D eigenvalue weighted by Gasteiger charge is 2.49. The Balaban J connectivity index is 1.81. The van der Waals surface area contributed by atoms with Gasteiger partial charge >= 0.3 is 0 Å². The molecular weight excluding hydrogens is 372 g/mol. The summed E-state index contributed by atoms with van der Waals surface area (Å²) in [6.07, 6.45) is 5.54. The molecule has 1 saturated heterocycles. The minimum absolute atomic E-state index is 0.0387. The second kappa shape index (κ2) is 9.31. The maximum atomic E-state index is 13.4. The number of allylic oxidation sites excluding steroid dienone is 1. The topological polar surface area (TPSA) is 77.1 Å². The van der Waals surface area contributed by atoms with Gasteiger partial charge < -0.3 is 24.4 Å². The predicted molar refractivity (Wildman–Crippen MR) is 109 cm³/mol. The highest BCUT2D eigenvalue weighted by atomic mass is 16.5. The number of para-hydroxylation sites is 1. The SMILES string of the molecule is COCCN1C(=O)CCC2(C(=O)NCc3cccc(OC)c3OC)CCCC=C12. The van der Waals surface area contributed by atoms with Gasteiger partial charge in [0.25, 0.3) is 0 Å². The Morgan fingerprint density at radius 3 is 2.76 bits per heavy atom. The summed E-state index contributed by atoms with van der Waals surface area (Å²) in [6, 6.07) is 5.61. The van der Waals surface area contributed by atoms with Crippen molar-refractivity contribution in [2.75, 3.05) is 34.5 Å². The van der Waals surface area contributed by atoms with Crippen molar-refractivity contribution in [1.82, 2.24) is 10.2 Å². The number of carbonyl (C=O) groups is 2. The van der Waals surface area contributed by atoms with E-state index in [9.17, 15) is 9.59 Å². The number of nitrogens with zero attached hydrogens (tertiary/aromatic N) is 1. The summed E-state index contributed by atoms with van der Waals surface area (Å²) >= 11 is 0. The molecule has 1 heterocycles. The van der Waals surface area contributed by atoms with Crippen LogP contribution in [-0.4, -0.2) is 51.2 Å². The average Bonchev–Trinajstić information content (AvgIpc) is 2.76. The monoisotopic (exact) mass is 402 g/mol. The standard InChI is InChI=1S/C22H30N2O5/c1-27-14-13-24-18-9-4-5-11-22(18,12-10-19(24)25)21(26)23-15-16-7-6-8-17(28-2)20(16)29-3/h6-9H,4-5,10-15H2,1-3H3,(H,23,26). The Hall–Kier alpha value is -2.54. The Morgan fingerprint density at radius 2 is 2.03 bits per heavy atom. The number of benzene rings is 1. The zero-order chi connectivity index (χ0) is 20.9. The fraction of sp³-hybridized carbons (Fsp3) is 0.545. The molecule has 0 radical (unpaired) electrons. The first-order valence-electron chi connectivity index (χ1n) is 10.1. The molecule has 29 heavy (non-hydrogen) atoms. The van der Waals surface area contributed by atoms with Crippen molar-refractivity contribution in [1.29, 1.82) is 0 Å². The van der Waals surface area contributed by atoms with Crippen LogP contribution < -0.4 is 14.8 Å². The van der Waals surface area contributed by atoms with Crippen molar-refractivity contribution in [3.63, 3.8) is 0 Å². The van der Waals surface area contributed by atoms with Gasteiger partial charge in [-0.15, -0.1) is 0 Å². The molecule has 0 spiro atoms. The van der Waals surface area contributed by atoms with Crippen molar-refractivity contribution in [2.45, 2.75) is 38.6 Å². The van der Waals surface area contributed by atoms with E-state index in [1.165, 1.54) is 0 Å². The number of amides is 2. The van der Waals surface area contributed by atoms with Crippen LogP contribution in [0.15, 0.2) is 30.0 Å². The van der Waals surface area contributed by atoms with Crippen molar-refractivity contribution in [3.8, 4) is 11.5 Å². The molecule has 1 aromatic carbocycles. The van der Waals surface area contributed by atoms with Gasteiger partial charge in [-0.05, 0) is 31.7 Å². The lowest BCUT2D eigenvalue weighted by Gasteiger charge is -2.46. The fourth-order valence-corrected chi connectivity index (χ4v) is 4.39. The molecule has 1 N–H and O–H groups in total. The molecule has 1 aromatic rings. The first kappa shape index (κ1) is 21.2. The van der Waals surface area contributed by atoms with Crippen LogP contribution in [0.3, 0.4) is 0 Å². The van der Waals surface area contributed by atoms with E-state index in [0.717, 1.165) is 30.5 Å². The zero-order valence-electron chi connectivity index (χ0n) is 17.5. The number of hydrogen-bond donors (Lipinski definition) is 1. The molecule has 0 saturated carbocycles. The van der Waals surface area contributed by atoms with Gasteiger partial charge in [-0.3, -0.25) is 9.59 Å². The summed E-state index contributed by atoms with van der Waals surface area (Å²) in [4.78, 5) is 27.7. The van der Waals surface area contributed by atoms with Gasteiger partial charge in [0.1, 0.15) is 0 Å². The summed E-state index contributed by atoms with van der Waals surface area (Å²) in [5, 5.41) is 3.09. The molecule has 158 valence electrons. The van der Waals surface area contributed by atoms with E-state index < -0.39 is 5.41 Å². The maximum Gasteiger partial charge on any atom is 0.232 e. The Morgan fingerprint density at radius 1 is 1.21 bits per heavy atom. The maximum absolute atomic E-state index is 13.4. The zero-order valence-corrected chi connectivity index (χ0v) is 17.5. The molecule has 1 fully saturated rings. The molecule has 7 heteroatoms. The summed E-state index contributed by atoms with van der Waals surface area (Å²) in [5.74, 6) is 1.27. The van der Waals surface area contributed by atoms with Crippen LogP contribution in [-0.2, 0) is 20.9 Å². The van der Waals surface area contributed by atoms with Crippen LogP contribution in [0.2, 0.25) is 0 Å². The Kier molecular flexibility index (Phi) is 6.79. The Labute approximate surface area is 172 Å². The average molecular weight is 402 g/mol. The third-order valence-electron chi connectivity index (χ3n) is 5.87. The quantitative estimate of drug-likeness (QED) is 0.723. The molecule has 1 aliphatic carbocycles. The van der Waals surface area contributed by atoms with Crippen LogP contribution in [0.5, 0.6) is 11.5 Å². The summed E-state index contributed by atoms with van der Waals surface area (Å²) in [6.45, 7) is 1.25. The van der Waals surface area contributed by atoms with Crippen LogP contribution in [0, 0.1) is 5.41 Å². The van der Waals surface area contributed by atoms with Gasteiger partial charge in [-0.25, -0.2) is 0 Å². The second-order valence-electron chi connectivity index (χ2n) is 7.44. The number of piperidine rings is 1. The number of carbonyl (C=O) groups excluding carboxylic acids is 2. The van der Waals surface area contributed by atoms with E-state index in [1.807, 2.05) is 18.2 Å². The van der Waals surface area contributed by atoms with Gasteiger partial charge in [-0.1, -0.05) is 18.2 Å². The van der Waals surface area contributed by atoms with E-state index in [0.29, 0.717) is 44.0 Å². The van der Waals surface area contributed by atoms with E-state index in [4.69, 9.17) is 14.2 Å². The third kappa shape index (κ3) is 4.10. The van der Waals surface area contributed by atoms with Crippen LogP contribution in [0.1, 0.15) is 37.7 Å². The van der Waals surface area contributed by atoms with Gasteiger partial charge in [0.05, 0.1) is 26.2 Å². The number of likely N-dealkylation sites (tertiary alicyclic amines) is 1. The normalized spacial score (nSPS) is 21.3. The van der Waals surface area contributed by atoms with Crippen molar-refractivity contribution >= 4 is 11.8 Å². The highest BCUT2D eigenvalue weighted by Crippen LogP contribution is 2.47. The first-order valence-corrected chi connectivity index (χ1v) is 10.1. The minimum atomic E-state index is -0.661. The molecule has 0 aromatic heterocycles. The molecule has 7 nitrogen and oxygen atoms in total. The number of hydrogen-bond acceptors (Lipinski definition) is 5. The summed E-state index contributed by atoms with van der Waals surface area (Å²) < 4.78 is 16.0. The van der Waals surface area contributed by atoms with Gasteiger partial charge in [0.2, 0.25) is 11.8 Å². The molecular formula is C22H30N2O5. The van der Waals surface area contributed by atoms with Gasteiger partial charge in [0, 0.05) is 37.9 Å².